The predicted octanol–water partition coefficient (Wildman–Crippen LogP) is 3.52. The second-order valence-corrected chi connectivity index (χ2v) is 6.85. The summed E-state index contributed by atoms with van der Waals surface area (Å²) >= 11 is 3.42. The Balaban J connectivity index is 2.17. The zero-order valence-corrected chi connectivity index (χ0v) is 13.0. The molecule has 3 nitrogen and oxygen atoms in total. The van der Waals surface area contributed by atoms with Crippen LogP contribution in [0.5, 0.6) is 0 Å². The molecule has 0 amide bonds. The van der Waals surface area contributed by atoms with Gasteiger partial charge in [0.15, 0.2) is 0 Å². The van der Waals surface area contributed by atoms with E-state index in [1.54, 1.807) is 0 Å². The molecular formula is C15H20BrNO2. The predicted molar refractivity (Wildman–Crippen MR) is 79.0 cm³/mol. The van der Waals surface area contributed by atoms with Crippen LogP contribution in [0, 0.1) is 5.41 Å². The van der Waals surface area contributed by atoms with E-state index in [4.69, 9.17) is 0 Å². The Labute approximate surface area is 122 Å². The number of carboxylic acid groups (broad SMARTS) is 1. The van der Waals surface area contributed by atoms with Crippen molar-refractivity contribution in [1.29, 1.82) is 0 Å². The molecule has 1 N–H and O–H groups in total. The first-order valence-electron chi connectivity index (χ1n) is 6.61. The van der Waals surface area contributed by atoms with Crippen LogP contribution in [0.15, 0.2) is 28.7 Å². The number of nitrogens with zero attached hydrogens (tertiary/aromatic N) is 1. The highest BCUT2D eigenvalue weighted by molar-refractivity contribution is 9.10. The molecule has 19 heavy (non-hydrogen) atoms. The molecule has 1 fully saturated rings. The van der Waals surface area contributed by atoms with E-state index in [0.29, 0.717) is 6.54 Å². The standard InChI is InChI=1S/C15H20BrNO2/c1-15(2)8-3-9-17(13(15)14(18)19)10-11-4-6-12(16)7-5-11/h4-7,13H,3,8-10H2,1-2H3,(H,18,19). The van der Waals surface area contributed by atoms with Gasteiger partial charge in [0, 0.05) is 11.0 Å². The minimum atomic E-state index is -0.707. The van der Waals surface area contributed by atoms with E-state index in [9.17, 15) is 9.90 Å². The zero-order valence-electron chi connectivity index (χ0n) is 11.4. The summed E-state index contributed by atoms with van der Waals surface area (Å²) in [5.41, 5.74) is 0.992. The van der Waals surface area contributed by atoms with E-state index >= 15 is 0 Å². The van der Waals surface area contributed by atoms with Gasteiger partial charge >= 0.3 is 5.97 Å². The van der Waals surface area contributed by atoms with Crippen molar-refractivity contribution in [1.82, 2.24) is 4.90 Å². The third kappa shape index (κ3) is 3.37. The van der Waals surface area contributed by atoms with Crippen LogP contribution in [-0.4, -0.2) is 28.6 Å². The lowest BCUT2D eigenvalue weighted by Crippen LogP contribution is -2.53. The van der Waals surface area contributed by atoms with Crippen LogP contribution in [-0.2, 0) is 11.3 Å². The topological polar surface area (TPSA) is 40.5 Å². The van der Waals surface area contributed by atoms with E-state index in [1.807, 2.05) is 24.3 Å². The highest BCUT2D eigenvalue weighted by atomic mass is 79.9. The van der Waals surface area contributed by atoms with E-state index in [1.165, 1.54) is 0 Å². The fraction of sp³-hybridized carbons (Fsp3) is 0.533. The second kappa shape index (κ2) is 5.63. The van der Waals surface area contributed by atoms with Gasteiger partial charge in [-0.1, -0.05) is 41.9 Å². The number of hydrogen-bond acceptors (Lipinski definition) is 2. The van der Waals surface area contributed by atoms with Crippen LogP contribution >= 0.6 is 15.9 Å². The first-order chi connectivity index (χ1) is 8.90. The number of piperidine rings is 1. The van der Waals surface area contributed by atoms with E-state index in [0.717, 1.165) is 29.4 Å². The number of rotatable bonds is 3. The average molecular weight is 326 g/mol. The molecule has 2 rings (SSSR count). The molecular weight excluding hydrogens is 306 g/mol. The second-order valence-electron chi connectivity index (χ2n) is 5.93. The molecule has 0 saturated carbocycles. The van der Waals surface area contributed by atoms with Gasteiger partial charge in [-0.3, -0.25) is 9.69 Å². The number of benzene rings is 1. The molecule has 104 valence electrons. The van der Waals surface area contributed by atoms with Crippen LogP contribution in [0.25, 0.3) is 0 Å². The first-order valence-corrected chi connectivity index (χ1v) is 7.41. The van der Waals surface area contributed by atoms with Gasteiger partial charge < -0.3 is 5.11 Å². The molecule has 1 aromatic carbocycles. The highest BCUT2D eigenvalue weighted by Crippen LogP contribution is 2.36. The third-order valence-electron chi connectivity index (χ3n) is 3.90. The normalized spacial score (nSPS) is 23.2. The number of halogens is 1. The average Bonchev–Trinajstić information content (AvgIpc) is 2.30. The number of hydrogen-bond donors (Lipinski definition) is 1. The molecule has 0 radical (unpaired) electrons. The van der Waals surface area contributed by atoms with Gasteiger partial charge in [0.1, 0.15) is 6.04 Å². The van der Waals surface area contributed by atoms with Crippen molar-refractivity contribution < 1.29 is 9.90 Å². The Bertz CT molecular complexity index is 456. The van der Waals surface area contributed by atoms with Crippen molar-refractivity contribution in [3.63, 3.8) is 0 Å². The Kier molecular flexibility index (Phi) is 4.31. The number of carbonyl (C=O) groups is 1. The summed E-state index contributed by atoms with van der Waals surface area (Å²) in [6, 6.07) is 7.69. The Morgan fingerprint density at radius 3 is 2.63 bits per heavy atom. The zero-order chi connectivity index (χ0) is 14.0. The Morgan fingerprint density at radius 1 is 1.42 bits per heavy atom. The molecule has 0 bridgehead atoms. The van der Waals surface area contributed by atoms with Gasteiger partial charge in [-0.25, -0.2) is 0 Å². The molecule has 1 aliphatic rings. The van der Waals surface area contributed by atoms with Crippen molar-refractivity contribution in [3.05, 3.63) is 34.3 Å². The smallest absolute Gasteiger partial charge is 0.321 e. The van der Waals surface area contributed by atoms with Crippen molar-refractivity contribution in [2.75, 3.05) is 6.54 Å². The van der Waals surface area contributed by atoms with Gasteiger partial charge in [-0.05, 0) is 42.5 Å². The number of likely N-dealkylation sites (tertiary alicyclic amines) is 1. The van der Waals surface area contributed by atoms with E-state index in [-0.39, 0.29) is 5.41 Å². The molecule has 1 unspecified atom stereocenters. The van der Waals surface area contributed by atoms with Crippen LogP contribution in [0.4, 0.5) is 0 Å². The Hall–Kier alpha value is -0.870. The lowest BCUT2D eigenvalue weighted by molar-refractivity contribution is -0.151. The molecule has 0 spiro atoms. The van der Waals surface area contributed by atoms with Crippen molar-refractivity contribution in [3.8, 4) is 0 Å². The molecule has 0 aromatic heterocycles. The minimum absolute atomic E-state index is 0.167. The SMILES string of the molecule is CC1(C)CCCN(Cc2ccc(Br)cc2)C1C(=O)O. The number of aliphatic carboxylic acids is 1. The maximum atomic E-state index is 11.6. The largest absolute Gasteiger partial charge is 0.480 e. The summed E-state index contributed by atoms with van der Waals surface area (Å²) < 4.78 is 1.05. The summed E-state index contributed by atoms with van der Waals surface area (Å²) in [5.74, 6) is -0.707. The van der Waals surface area contributed by atoms with Crippen LogP contribution in [0.2, 0.25) is 0 Å². The maximum Gasteiger partial charge on any atom is 0.321 e. The molecule has 1 heterocycles. The fourth-order valence-corrected chi connectivity index (χ4v) is 3.25. The van der Waals surface area contributed by atoms with Gasteiger partial charge in [0.2, 0.25) is 0 Å². The maximum absolute atomic E-state index is 11.6. The van der Waals surface area contributed by atoms with Crippen molar-refractivity contribution in [2.45, 2.75) is 39.3 Å². The summed E-state index contributed by atoms with van der Waals surface area (Å²) in [6.45, 7) is 5.67. The van der Waals surface area contributed by atoms with Gasteiger partial charge in [0.25, 0.3) is 0 Å². The summed E-state index contributed by atoms with van der Waals surface area (Å²) in [6.07, 6.45) is 2.04. The molecule has 1 atom stereocenters. The van der Waals surface area contributed by atoms with E-state index < -0.39 is 12.0 Å². The third-order valence-corrected chi connectivity index (χ3v) is 4.43. The molecule has 1 aromatic rings. The summed E-state index contributed by atoms with van der Waals surface area (Å²) in [5, 5.41) is 9.52. The monoisotopic (exact) mass is 325 g/mol. The van der Waals surface area contributed by atoms with Gasteiger partial charge in [-0.15, -0.1) is 0 Å². The first kappa shape index (κ1) is 14.5. The fourth-order valence-electron chi connectivity index (χ4n) is 2.98. The van der Waals surface area contributed by atoms with Crippen LogP contribution in [0.1, 0.15) is 32.3 Å². The van der Waals surface area contributed by atoms with Crippen LogP contribution < -0.4 is 0 Å². The van der Waals surface area contributed by atoms with Gasteiger partial charge in [0.05, 0.1) is 0 Å². The summed E-state index contributed by atoms with van der Waals surface area (Å²) in [4.78, 5) is 13.7. The molecule has 4 heteroatoms. The minimum Gasteiger partial charge on any atom is -0.480 e. The number of carboxylic acids is 1. The van der Waals surface area contributed by atoms with Crippen LogP contribution in [0.3, 0.4) is 0 Å². The lowest BCUT2D eigenvalue weighted by Gasteiger charge is -2.44. The highest BCUT2D eigenvalue weighted by Gasteiger charge is 2.42. The van der Waals surface area contributed by atoms with Crippen molar-refractivity contribution >= 4 is 21.9 Å². The molecule has 0 aliphatic carbocycles. The molecule has 1 saturated heterocycles. The lowest BCUT2D eigenvalue weighted by atomic mass is 9.76. The summed E-state index contributed by atoms with van der Waals surface area (Å²) in [7, 11) is 0. The van der Waals surface area contributed by atoms with Crippen molar-refractivity contribution in [2.24, 2.45) is 5.41 Å². The Morgan fingerprint density at radius 2 is 2.05 bits per heavy atom. The quantitative estimate of drug-likeness (QED) is 0.924. The molecule has 1 aliphatic heterocycles. The van der Waals surface area contributed by atoms with Gasteiger partial charge in [-0.2, -0.15) is 0 Å². The van der Waals surface area contributed by atoms with E-state index in [2.05, 4.69) is 34.7 Å².